The molecule has 1 atom stereocenters. The van der Waals surface area contributed by atoms with Crippen molar-refractivity contribution in [1.82, 2.24) is 33.2 Å². The minimum atomic E-state index is -3.19. The molecule has 3 aliphatic rings. The van der Waals surface area contributed by atoms with Crippen molar-refractivity contribution >= 4 is 44.8 Å². The number of sulfonamides is 1. The highest BCUT2D eigenvalue weighted by atomic mass is 35.5. The number of nitrogens with one attached hydrogen (secondary N) is 2. The Morgan fingerprint density at radius 3 is 2.04 bits per heavy atom. The maximum Gasteiger partial charge on any atom is 0.291 e. The Bertz CT molecular complexity index is 2210. The van der Waals surface area contributed by atoms with Gasteiger partial charge in [0.1, 0.15) is 0 Å². The second-order valence-electron chi connectivity index (χ2n) is 14.8. The number of hydrogen-bond donors (Lipinski definition) is 3. The summed E-state index contributed by atoms with van der Waals surface area (Å²) >= 11 is 7.00. The number of fused-ring (bicyclic) bond motifs is 2. The Labute approximate surface area is 321 Å². The van der Waals surface area contributed by atoms with Crippen molar-refractivity contribution in [2.45, 2.75) is 64.8 Å². The van der Waals surface area contributed by atoms with Crippen LogP contribution in [0.15, 0.2) is 36.4 Å². The normalized spacial score (nSPS) is 17.9. The largest absolute Gasteiger partial charge is 0.392 e. The number of aliphatic hydroxyl groups is 1. The number of β-amino-alcohol motifs (C(OH)–C–C–N with tert-alkyl or cyclic N) is 1. The van der Waals surface area contributed by atoms with E-state index in [-0.39, 0.29) is 17.9 Å². The van der Waals surface area contributed by atoms with Gasteiger partial charge in [-0.15, -0.1) is 0 Å². The van der Waals surface area contributed by atoms with Crippen LogP contribution in [-0.4, -0.2) is 110 Å². The Kier molecular flexibility index (Phi) is 10.7. The van der Waals surface area contributed by atoms with Crippen molar-refractivity contribution in [3.8, 4) is 11.1 Å². The lowest BCUT2D eigenvalue weighted by molar-refractivity contribution is 0.100. The van der Waals surface area contributed by atoms with E-state index < -0.39 is 16.1 Å². The molecule has 7 rings (SSSR count). The number of imidazole rings is 2. The molecule has 4 aromatic rings. The van der Waals surface area contributed by atoms with E-state index in [4.69, 9.17) is 21.6 Å². The maximum absolute atomic E-state index is 13.7. The lowest BCUT2D eigenvalue weighted by Crippen LogP contribution is -2.47. The number of aliphatic hydroxyl groups excluding tert-OH is 1. The zero-order chi connectivity index (χ0) is 38.5. The van der Waals surface area contributed by atoms with E-state index in [0.29, 0.717) is 66.3 Å². The second-order valence-corrected chi connectivity index (χ2v) is 17.1. The standard InChI is InChI=1S/C38H48ClN9O5S/c1-23(49)20-46-16-14-32-30(21-46)40-35(44(32)3)37(50)42-28-10-6-8-26(24(28)2)27-9-7-11-29(34(27)39)43-38(51)36-41-31-22-47(17-15-33(31)45(36)4)25-12-18-48(19-13-25)54(5,52)53/h6-11,23,25,49H,12-22H2,1-5H3,(H,42,50)(H,43,51)/t23-/m0/s1. The van der Waals surface area contributed by atoms with Crippen LogP contribution in [0.3, 0.4) is 0 Å². The molecule has 2 aromatic carbocycles. The van der Waals surface area contributed by atoms with Crippen molar-refractivity contribution < 1.29 is 23.1 Å². The fourth-order valence-electron chi connectivity index (χ4n) is 8.17. The number of anilines is 2. The number of rotatable bonds is 9. The van der Waals surface area contributed by atoms with Crippen LogP contribution in [0.2, 0.25) is 5.02 Å². The smallest absolute Gasteiger partial charge is 0.291 e. The number of piperidine rings is 1. The Morgan fingerprint density at radius 2 is 1.43 bits per heavy atom. The third kappa shape index (κ3) is 7.57. The summed E-state index contributed by atoms with van der Waals surface area (Å²) in [5, 5.41) is 16.2. The average molecular weight is 778 g/mol. The maximum atomic E-state index is 13.7. The van der Waals surface area contributed by atoms with Crippen LogP contribution in [0, 0.1) is 6.92 Å². The minimum Gasteiger partial charge on any atom is -0.392 e. The molecule has 0 saturated carbocycles. The number of nitrogens with zero attached hydrogens (tertiary/aromatic N) is 7. The summed E-state index contributed by atoms with van der Waals surface area (Å²) in [5.74, 6) is -0.0733. The highest BCUT2D eigenvalue weighted by Gasteiger charge is 2.33. The predicted molar refractivity (Wildman–Crippen MR) is 208 cm³/mol. The Hall–Kier alpha value is -4.12. The molecule has 1 fully saturated rings. The summed E-state index contributed by atoms with van der Waals surface area (Å²) < 4.78 is 29.2. The van der Waals surface area contributed by atoms with Crippen molar-refractivity contribution in [1.29, 1.82) is 0 Å². The Morgan fingerprint density at radius 1 is 0.870 bits per heavy atom. The summed E-state index contributed by atoms with van der Waals surface area (Å²) in [6, 6.07) is 11.4. The number of hydrogen-bond acceptors (Lipinski definition) is 9. The van der Waals surface area contributed by atoms with E-state index in [0.717, 1.165) is 72.7 Å². The molecule has 2 aromatic heterocycles. The van der Waals surface area contributed by atoms with Gasteiger partial charge in [-0.25, -0.2) is 22.7 Å². The van der Waals surface area contributed by atoms with Gasteiger partial charge in [-0.1, -0.05) is 35.9 Å². The number of benzene rings is 2. The van der Waals surface area contributed by atoms with Gasteiger partial charge in [0.25, 0.3) is 11.8 Å². The minimum absolute atomic E-state index is 0.265. The first-order valence-electron chi connectivity index (χ1n) is 18.4. The van der Waals surface area contributed by atoms with Crippen LogP contribution in [0.4, 0.5) is 11.4 Å². The quantitative estimate of drug-likeness (QED) is 0.230. The van der Waals surface area contributed by atoms with Crippen LogP contribution >= 0.6 is 11.6 Å². The van der Waals surface area contributed by atoms with Crippen molar-refractivity contribution in [2.75, 3.05) is 49.6 Å². The predicted octanol–water partition coefficient (Wildman–Crippen LogP) is 3.81. The molecule has 0 radical (unpaired) electrons. The SMILES string of the molecule is Cc1c(NC(=O)c2nc3c(n2C)CCN(C[C@H](C)O)C3)cccc1-c1cccc(NC(=O)c2nc3c(n2C)CCN(C2CCN(S(C)(=O)=O)CC2)C3)c1Cl. The summed E-state index contributed by atoms with van der Waals surface area (Å²) in [6.07, 6.45) is 3.84. The highest BCUT2D eigenvalue weighted by Crippen LogP contribution is 2.38. The molecular weight excluding hydrogens is 730 g/mol. The molecule has 5 heterocycles. The molecule has 0 bridgehead atoms. The zero-order valence-electron chi connectivity index (χ0n) is 31.4. The van der Waals surface area contributed by atoms with Gasteiger partial charge in [-0.05, 0) is 49.9 Å². The number of amides is 2. The van der Waals surface area contributed by atoms with Crippen LogP contribution in [0.1, 0.15) is 69.3 Å². The number of aromatic nitrogens is 4. The van der Waals surface area contributed by atoms with E-state index in [2.05, 4.69) is 20.4 Å². The fourth-order valence-corrected chi connectivity index (χ4v) is 9.32. The molecule has 1 saturated heterocycles. The number of carbonyl (C=O) groups is 2. The molecule has 0 unspecified atom stereocenters. The van der Waals surface area contributed by atoms with Crippen LogP contribution in [0.5, 0.6) is 0 Å². The van der Waals surface area contributed by atoms with Gasteiger partial charge < -0.3 is 24.9 Å². The average Bonchev–Trinajstić information content (AvgIpc) is 3.65. The van der Waals surface area contributed by atoms with Gasteiger partial charge in [0.2, 0.25) is 10.0 Å². The molecule has 16 heteroatoms. The molecule has 3 N–H and O–H groups in total. The van der Waals surface area contributed by atoms with Crippen LogP contribution in [-0.2, 0) is 50.0 Å². The van der Waals surface area contributed by atoms with Crippen molar-refractivity contribution in [2.24, 2.45) is 14.1 Å². The zero-order valence-corrected chi connectivity index (χ0v) is 33.0. The van der Waals surface area contributed by atoms with Gasteiger partial charge in [0.05, 0.1) is 34.5 Å². The molecule has 54 heavy (non-hydrogen) atoms. The molecular formula is C38H48ClN9O5S. The van der Waals surface area contributed by atoms with Gasteiger partial charge >= 0.3 is 0 Å². The summed E-state index contributed by atoms with van der Waals surface area (Å²) in [6.45, 7) is 8.06. The van der Waals surface area contributed by atoms with Crippen molar-refractivity contribution in [3.63, 3.8) is 0 Å². The lowest BCUT2D eigenvalue weighted by atomic mass is 9.98. The van der Waals surface area contributed by atoms with E-state index in [1.165, 1.54) is 6.26 Å². The highest BCUT2D eigenvalue weighted by molar-refractivity contribution is 7.88. The van der Waals surface area contributed by atoms with E-state index in [1.807, 2.05) is 60.5 Å². The van der Waals surface area contributed by atoms with E-state index >= 15 is 0 Å². The van der Waals surface area contributed by atoms with Gasteiger partial charge in [0, 0.05) is 101 Å². The first-order chi connectivity index (χ1) is 25.7. The summed E-state index contributed by atoms with van der Waals surface area (Å²) in [4.78, 5) is 41.3. The summed E-state index contributed by atoms with van der Waals surface area (Å²) in [5.41, 5.74) is 7.12. The molecule has 3 aliphatic heterocycles. The topological polar surface area (TPSA) is 158 Å². The molecule has 14 nitrogen and oxygen atoms in total. The van der Waals surface area contributed by atoms with Crippen LogP contribution in [0.25, 0.3) is 11.1 Å². The van der Waals surface area contributed by atoms with Crippen molar-refractivity contribution in [3.05, 3.63) is 81.4 Å². The van der Waals surface area contributed by atoms with Gasteiger partial charge in [0.15, 0.2) is 11.6 Å². The van der Waals surface area contributed by atoms with Gasteiger partial charge in [-0.3, -0.25) is 19.4 Å². The number of carbonyl (C=O) groups excluding carboxylic acids is 2. The number of halogens is 1. The third-order valence-corrected chi connectivity index (χ3v) is 12.8. The first-order valence-corrected chi connectivity index (χ1v) is 20.6. The molecule has 288 valence electrons. The molecule has 0 aliphatic carbocycles. The first kappa shape index (κ1) is 38.2. The monoisotopic (exact) mass is 777 g/mol. The molecule has 0 spiro atoms. The fraction of sp³-hybridized carbons (Fsp3) is 0.474. The van der Waals surface area contributed by atoms with E-state index in [1.54, 1.807) is 17.3 Å². The Balaban J connectivity index is 1.05. The third-order valence-electron chi connectivity index (χ3n) is 11.1. The summed E-state index contributed by atoms with van der Waals surface area (Å²) in [7, 11) is 0.524. The van der Waals surface area contributed by atoms with Crippen LogP contribution < -0.4 is 10.6 Å². The second kappa shape index (κ2) is 15.2. The van der Waals surface area contributed by atoms with Gasteiger partial charge in [-0.2, -0.15) is 0 Å². The molecule has 2 amide bonds. The van der Waals surface area contributed by atoms with E-state index in [9.17, 15) is 23.1 Å². The lowest BCUT2D eigenvalue weighted by Gasteiger charge is -2.39.